The number of rotatable bonds is 3. The van der Waals surface area contributed by atoms with Crippen molar-refractivity contribution in [2.45, 2.75) is 26.4 Å². The largest absolute Gasteiger partial charge is 0.324 e. The highest BCUT2D eigenvalue weighted by molar-refractivity contribution is 7.87. The van der Waals surface area contributed by atoms with E-state index in [9.17, 15) is 13.2 Å². The van der Waals surface area contributed by atoms with Gasteiger partial charge in [-0.3, -0.25) is 4.79 Å². The van der Waals surface area contributed by atoms with Crippen LogP contribution in [-0.4, -0.2) is 31.2 Å². The third-order valence-electron chi connectivity index (χ3n) is 3.05. The fraction of sp³-hybridized carbons (Fsp3) is 0.417. The molecule has 104 valence electrons. The first-order valence-electron chi connectivity index (χ1n) is 6.11. The second kappa shape index (κ2) is 5.28. The Morgan fingerprint density at radius 2 is 2.11 bits per heavy atom. The molecule has 1 aliphatic rings. The summed E-state index contributed by atoms with van der Waals surface area (Å²) >= 11 is 0. The smallest absolute Gasteiger partial charge is 0.280 e. The van der Waals surface area contributed by atoms with Crippen LogP contribution in [0.15, 0.2) is 24.3 Å². The van der Waals surface area contributed by atoms with E-state index in [1.807, 2.05) is 12.1 Å². The number of benzene rings is 1. The molecule has 0 aromatic heterocycles. The van der Waals surface area contributed by atoms with E-state index < -0.39 is 16.3 Å². The maximum absolute atomic E-state index is 12.1. The summed E-state index contributed by atoms with van der Waals surface area (Å²) in [5, 5.41) is 2.74. The molecule has 0 fully saturated rings. The minimum absolute atomic E-state index is 0.172. The van der Waals surface area contributed by atoms with Crippen LogP contribution in [-0.2, 0) is 21.5 Å². The summed E-state index contributed by atoms with van der Waals surface area (Å²) in [6.07, 6.45) is 0. The number of hydrogen-bond acceptors (Lipinski definition) is 3. The third kappa shape index (κ3) is 2.78. The summed E-state index contributed by atoms with van der Waals surface area (Å²) in [4.78, 5) is 12.0. The van der Waals surface area contributed by atoms with Crippen molar-refractivity contribution in [2.24, 2.45) is 0 Å². The van der Waals surface area contributed by atoms with Crippen molar-refractivity contribution in [1.82, 2.24) is 9.03 Å². The first-order valence-corrected chi connectivity index (χ1v) is 7.55. The van der Waals surface area contributed by atoms with Crippen LogP contribution in [0.3, 0.4) is 0 Å². The summed E-state index contributed by atoms with van der Waals surface area (Å²) in [7, 11) is -3.66. The summed E-state index contributed by atoms with van der Waals surface area (Å²) in [6.45, 7) is 3.74. The van der Waals surface area contributed by atoms with Crippen molar-refractivity contribution in [3.63, 3.8) is 0 Å². The maximum atomic E-state index is 12.1. The molecule has 0 aliphatic carbocycles. The monoisotopic (exact) mass is 283 g/mol. The molecule has 2 rings (SSSR count). The van der Waals surface area contributed by atoms with E-state index in [-0.39, 0.29) is 19.0 Å². The SMILES string of the molecule is CCNS(=O)(=O)N1Cc2ccccc2NC(=O)C1C. The van der Waals surface area contributed by atoms with E-state index in [4.69, 9.17) is 0 Å². The lowest BCUT2D eigenvalue weighted by Crippen LogP contribution is -2.48. The van der Waals surface area contributed by atoms with Gasteiger partial charge in [0.25, 0.3) is 10.2 Å². The number of para-hydroxylation sites is 1. The fourth-order valence-electron chi connectivity index (χ4n) is 2.01. The number of hydrogen-bond donors (Lipinski definition) is 2. The van der Waals surface area contributed by atoms with Gasteiger partial charge in [0, 0.05) is 18.8 Å². The predicted molar refractivity (Wildman–Crippen MR) is 72.7 cm³/mol. The van der Waals surface area contributed by atoms with Crippen LogP contribution in [0.25, 0.3) is 0 Å². The minimum Gasteiger partial charge on any atom is -0.324 e. The van der Waals surface area contributed by atoms with E-state index in [1.54, 1.807) is 26.0 Å². The summed E-state index contributed by atoms with van der Waals surface area (Å²) < 4.78 is 27.9. The molecule has 1 aliphatic heterocycles. The van der Waals surface area contributed by atoms with Crippen LogP contribution < -0.4 is 10.0 Å². The minimum atomic E-state index is -3.66. The van der Waals surface area contributed by atoms with Gasteiger partial charge in [-0.25, -0.2) is 4.72 Å². The van der Waals surface area contributed by atoms with Crippen LogP contribution >= 0.6 is 0 Å². The molecule has 1 atom stereocenters. The zero-order valence-corrected chi connectivity index (χ0v) is 11.7. The highest BCUT2D eigenvalue weighted by Gasteiger charge is 2.34. The molecule has 1 aromatic rings. The number of nitrogens with one attached hydrogen (secondary N) is 2. The zero-order chi connectivity index (χ0) is 14.0. The number of carbonyl (C=O) groups excluding carboxylic acids is 1. The standard InChI is InChI=1S/C12H17N3O3S/c1-3-13-19(17,18)15-8-10-6-4-5-7-11(10)14-12(16)9(15)2/h4-7,9,13H,3,8H2,1-2H3,(H,14,16). The Hall–Kier alpha value is -1.44. The molecule has 2 N–H and O–H groups in total. The highest BCUT2D eigenvalue weighted by Crippen LogP contribution is 2.24. The van der Waals surface area contributed by atoms with Crippen LogP contribution in [0.4, 0.5) is 5.69 Å². The molecule has 0 bridgehead atoms. The van der Waals surface area contributed by atoms with Gasteiger partial charge in [0.15, 0.2) is 0 Å². The zero-order valence-electron chi connectivity index (χ0n) is 10.9. The Kier molecular flexibility index (Phi) is 3.88. The molecule has 0 saturated heterocycles. The topological polar surface area (TPSA) is 78.5 Å². The van der Waals surface area contributed by atoms with Gasteiger partial charge in [-0.2, -0.15) is 12.7 Å². The Balaban J connectivity index is 2.42. The molecule has 1 aromatic carbocycles. The molecule has 1 amide bonds. The molecular formula is C12H17N3O3S. The van der Waals surface area contributed by atoms with Gasteiger partial charge in [-0.1, -0.05) is 25.1 Å². The molecule has 0 saturated carbocycles. The molecule has 0 radical (unpaired) electrons. The lowest BCUT2D eigenvalue weighted by atomic mass is 10.2. The Morgan fingerprint density at radius 3 is 2.79 bits per heavy atom. The van der Waals surface area contributed by atoms with Crippen molar-refractivity contribution in [3.05, 3.63) is 29.8 Å². The van der Waals surface area contributed by atoms with Crippen molar-refractivity contribution in [3.8, 4) is 0 Å². The molecule has 7 heteroatoms. The van der Waals surface area contributed by atoms with Gasteiger partial charge in [0.2, 0.25) is 5.91 Å². The number of anilines is 1. The normalized spacial score (nSPS) is 20.5. The van der Waals surface area contributed by atoms with Gasteiger partial charge in [-0.05, 0) is 18.6 Å². The fourth-order valence-corrected chi connectivity index (χ4v) is 3.36. The van der Waals surface area contributed by atoms with Gasteiger partial charge < -0.3 is 5.32 Å². The van der Waals surface area contributed by atoms with E-state index in [0.29, 0.717) is 5.69 Å². The van der Waals surface area contributed by atoms with E-state index >= 15 is 0 Å². The number of fused-ring (bicyclic) bond motifs is 1. The highest BCUT2D eigenvalue weighted by atomic mass is 32.2. The first kappa shape index (κ1) is 14.0. The predicted octanol–water partition coefficient (Wildman–Crippen LogP) is 0.683. The third-order valence-corrected chi connectivity index (χ3v) is 4.76. The Labute approximate surface area is 113 Å². The maximum Gasteiger partial charge on any atom is 0.280 e. The van der Waals surface area contributed by atoms with Crippen LogP contribution in [0, 0.1) is 0 Å². The molecule has 19 heavy (non-hydrogen) atoms. The van der Waals surface area contributed by atoms with Crippen molar-refractivity contribution in [2.75, 3.05) is 11.9 Å². The molecule has 1 heterocycles. The van der Waals surface area contributed by atoms with Crippen molar-refractivity contribution in [1.29, 1.82) is 0 Å². The lowest BCUT2D eigenvalue weighted by Gasteiger charge is -2.24. The lowest BCUT2D eigenvalue weighted by molar-refractivity contribution is -0.119. The molecule has 6 nitrogen and oxygen atoms in total. The molecular weight excluding hydrogens is 266 g/mol. The van der Waals surface area contributed by atoms with Crippen molar-refractivity contribution < 1.29 is 13.2 Å². The number of carbonyl (C=O) groups is 1. The molecule has 1 unspecified atom stereocenters. The summed E-state index contributed by atoms with van der Waals surface area (Å²) in [5.74, 6) is -0.327. The second-order valence-corrected chi connectivity index (χ2v) is 6.08. The van der Waals surface area contributed by atoms with Crippen LogP contribution in [0.1, 0.15) is 19.4 Å². The Bertz CT molecular complexity index is 586. The van der Waals surface area contributed by atoms with E-state index in [2.05, 4.69) is 10.0 Å². The van der Waals surface area contributed by atoms with Crippen molar-refractivity contribution >= 4 is 21.8 Å². The summed E-state index contributed by atoms with van der Waals surface area (Å²) in [5.41, 5.74) is 1.44. The quantitative estimate of drug-likeness (QED) is 0.856. The van der Waals surface area contributed by atoms with Crippen LogP contribution in [0.5, 0.6) is 0 Å². The average Bonchev–Trinajstić information content (AvgIpc) is 2.48. The van der Waals surface area contributed by atoms with Gasteiger partial charge in [0.05, 0.1) is 0 Å². The molecule has 0 spiro atoms. The second-order valence-electron chi connectivity index (χ2n) is 4.37. The number of nitrogens with zero attached hydrogens (tertiary/aromatic N) is 1. The van der Waals surface area contributed by atoms with E-state index in [0.717, 1.165) is 5.56 Å². The van der Waals surface area contributed by atoms with Gasteiger partial charge >= 0.3 is 0 Å². The Morgan fingerprint density at radius 1 is 1.42 bits per heavy atom. The number of amides is 1. The first-order chi connectivity index (χ1) is 8.95. The average molecular weight is 283 g/mol. The van der Waals surface area contributed by atoms with Crippen LogP contribution in [0.2, 0.25) is 0 Å². The summed E-state index contributed by atoms with van der Waals surface area (Å²) in [6, 6.07) is 6.44. The van der Waals surface area contributed by atoms with E-state index in [1.165, 1.54) is 4.31 Å². The van der Waals surface area contributed by atoms with Gasteiger partial charge in [0.1, 0.15) is 6.04 Å². The van der Waals surface area contributed by atoms with Gasteiger partial charge in [-0.15, -0.1) is 0 Å².